The molecule has 0 amide bonds. The Morgan fingerprint density at radius 3 is 2.67 bits per heavy atom. The lowest BCUT2D eigenvalue weighted by atomic mass is 10.1. The summed E-state index contributed by atoms with van der Waals surface area (Å²) in [6.07, 6.45) is 3.75. The van der Waals surface area contributed by atoms with Crippen molar-refractivity contribution in [2.24, 2.45) is 0 Å². The van der Waals surface area contributed by atoms with Gasteiger partial charge >= 0.3 is 0 Å². The van der Waals surface area contributed by atoms with Crippen LogP contribution in [-0.4, -0.2) is 26.0 Å². The second-order valence-electron chi connectivity index (χ2n) is 5.01. The molecule has 0 aromatic heterocycles. The first-order chi connectivity index (χ1) is 8.38. The van der Waals surface area contributed by atoms with Crippen LogP contribution in [0.4, 0.5) is 10.1 Å². The topological polar surface area (TPSA) is 46.2 Å². The van der Waals surface area contributed by atoms with E-state index in [0.29, 0.717) is 6.42 Å². The minimum absolute atomic E-state index is 0.0656. The number of halogens is 1. The molecule has 1 aliphatic rings. The van der Waals surface area contributed by atoms with Crippen LogP contribution in [0.25, 0.3) is 0 Å². The molecule has 1 aromatic carbocycles. The van der Waals surface area contributed by atoms with Crippen molar-refractivity contribution in [3.05, 3.63) is 29.6 Å². The van der Waals surface area contributed by atoms with Gasteiger partial charge in [-0.25, -0.2) is 12.8 Å². The van der Waals surface area contributed by atoms with E-state index in [1.807, 2.05) is 6.92 Å². The average Bonchev–Trinajstić information content (AvgIpc) is 2.70. The summed E-state index contributed by atoms with van der Waals surface area (Å²) in [5.74, 6) is -0.274. The van der Waals surface area contributed by atoms with Crippen LogP contribution in [0.15, 0.2) is 18.2 Å². The molecule has 2 atom stereocenters. The minimum Gasteiger partial charge on any atom is -0.381 e. The van der Waals surface area contributed by atoms with Gasteiger partial charge in [0, 0.05) is 18.0 Å². The van der Waals surface area contributed by atoms with E-state index in [1.165, 1.54) is 18.4 Å². The number of benzene rings is 1. The highest BCUT2D eigenvalue weighted by Crippen LogP contribution is 2.29. The Labute approximate surface area is 107 Å². The minimum atomic E-state index is -3.03. The highest BCUT2D eigenvalue weighted by atomic mass is 32.2. The van der Waals surface area contributed by atoms with Crippen LogP contribution in [0, 0.1) is 12.7 Å². The average molecular weight is 271 g/mol. The molecule has 0 radical (unpaired) electrons. The van der Waals surface area contributed by atoms with E-state index < -0.39 is 9.84 Å². The van der Waals surface area contributed by atoms with Gasteiger partial charge < -0.3 is 5.32 Å². The highest BCUT2D eigenvalue weighted by Gasteiger charge is 2.34. The SMILES string of the molecule is Cc1cc(F)ccc1NC1CCCC1S(C)(=O)=O. The third-order valence-corrected chi connectivity index (χ3v) is 5.20. The molecule has 18 heavy (non-hydrogen) atoms. The van der Waals surface area contributed by atoms with E-state index in [9.17, 15) is 12.8 Å². The first-order valence-electron chi connectivity index (χ1n) is 6.09. The molecule has 1 aliphatic carbocycles. The smallest absolute Gasteiger partial charge is 0.152 e. The Kier molecular flexibility index (Phi) is 3.61. The number of sulfone groups is 1. The van der Waals surface area contributed by atoms with Gasteiger partial charge in [-0.3, -0.25) is 0 Å². The number of hydrogen-bond acceptors (Lipinski definition) is 3. The predicted octanol–water partition coefficient (Wildman–Crippen LogP) is 2.51. The predicted molar refractivity (Wildman–Crippen MR) is 71.0 cm³/mol. The van der Waals surface area contributed by atoms with Crippen molar-refractivity contribution < 1.29 is 12.8 Å². The molecular formula is C13H18FNO2S. The first-order valence-corrected chi connectivity index (χ1v) is 8.05. The molecule has 5 heteroatoms. The molecule has 1 saturated carbocycles. The third kappa shape index (κ3) is 2.83. The summed E-state index contributed by atoms with van der Waals surface area (Å²) in [7, 11) is -3.03. The summed E-state index contributed by atoms with van der Waals surface area (Å²) in [4.78, 5) is 0. The Morgan fingerprint density at radius 2 is 2.06 bits per heavy atom. The van der Waals surface area contributed by atoms with Crippen LogP contribution in [-0.2, 0) is 9.84 Å². The number of aryl methyl sites for hydroxylation is 1. The fourth-order valence-corrected chi connectivity index (χ4v) is 3.99. The fraction of sp³-hybridized carbons (Fsp3) is 0.538. The van der Waals surface area contributed by atoms with Gasteiger partial charge in [-0.2, -0.15) is 0 Å². The van der Waals surface area contributed by atoms with Crippen molar-refractivity contribution in [2.45, 2.75) is 37.5 Å². The van der Waals surface area contributed by atoms with Crippen LogP contribution >= 0.6 is 0 Å². The van der Waals surface area contributed by atoms with Gasteiger partial charge in [0.2, 0.25) is 0 Å². The van der Waals surface area contributed by atoms with Crippen LogP contribution in [0.5, 0.6) is 0 Å². The molecule has 0 saturated heterocycles. The zero-order valence-corrected chi connectivity index (χ0v) is 11.4. The largest absolute Gasteiger partial charge is 0.381 e. The van der Waals surface area contributed by atoms with Crippen molar-refractivity contribution >= 4 is 15.5 Å². The van der Waals surface area contributed by atoms with Crippen molar-refractivity contribution in [1.82, 2.24) is 0 Å². The third-order valence-electron chi connectivity index (χ3n) is 3.53. The fourth-order valence-electron chi connectivity index (χ4n) is 2.59. The summed E-state index contributed by atoms with van der Waals surface area (Å²) in [6, 6.07) is 4.44. The van der Waals surface area contributed by atoms with Gasteiger partial charge in [-0.1, -0.05) is 0 Å². The molecule has 3 nitrogen and oxygen atoms in total. The molecule has 100 valence electrons. The van der Waals surface area contributed by atoms with Gasteiger partial charge in [-0.15, -0.1) is 0 Å². The monoisotopic (exact) mass is 271 g/mol. The normalized spacial score (nSPS) is 24.2. The number of hydrogen-bond donors (Lipinski definition) is 1. The summed E-state index contributed by atoms with van der Waals surface area (Å²) in [5.41, 5.74) is 1.62. The van der Waals surface area contributed by atoms with Crippen molar-refractivity contribution in [1.29, 1.82) is 0 Å². The van der Waals surface area contributed by atoms with Crippen molar-refractivity contribution in [2.75, 3.05) is 11.6 Å². The molecule has 0 aliphatic heterocycles. The summed E-state index contributed by atoms with van der Waals surface area (Å²) in [5, 5.41) is 2.92. The molecule has 0 bridgehead atoms. The number of anilines is 1. The van der Waals surface area contributed by atoms with E-state index in [4.69, 9.17) is 0 Å². The van der Waals surface area contributed by atoms with Gasteiger partial charge in [0.25, 0.3) is 0 Å². The molecule has 1 fully saturated rings. The molecule has 2 rings (SSSR count). The lowest BCUT2D eigenvalue weighted by Gasteiger charge is -2.21. The second-order valence-corrected chi connectivity index (χ2v) is 7.27. The molecule has 2 unspecified atom stereocenters. The molecule has 1 aromatic rings. The lowest BCUT2D eigenvalue weighted by molar-refractivity contribution is 0.579. The van der Waals surface area contributed by atoms with Crippen molar-refractivity contribution in [3.63, 3.8) is 0 Å². The number of rotatable bonds is 3. The quantitative estimate of drug-likeness (QED) is 0.919. The van der Waals surface area contributed by atoms with Gasteiger partial charge in [0.15, 0.2) is 9.84 Å². The first kappa shape index (κ1) is 13.3. The number of nitrogens with one attached hydrogen (secondary N) is 1. The van der Waals surface area contributed by atoms with E-state index in [-0.39, 0.29) is 17.1 Å². The highest BCUT2D eigenvalue weighted by molar-refractivity contribution is 7.91. The van der Waals surface area contributed by atoms with E-state index in [0.717, 1.165) is 24.1 Å². The zero-order chi connectivity index (χ0) is 13.3. The summed E-state index contributed by atoms with van der Waals surface area (Å²) in [6.45, 7) is 1.82. The maximum atomic E-state index is 13.0. The Morgan fingerprint density at radius 1 is 1.33 bits per heavy atom. The Bertz CT molecular complexity index is 542. The van der Waals surface area contributed by atoms with Gasteiger partial charge in [0.05, 0.1) is 5.25 Å². The summed E-state index contributed by atoms with van der Waals surface area (Å²) >= 11 is 0. The zero-order valence-electron chi connectivity index (χ0n) is 10.6. The molecular weight excluding hydrogens is 253 g/mol. The van der Waals surface area contributed by atoms with Crippen LogP contribution < -0.4 is 5.32 Å². The van der Waals surface area contributed by atoms with Crippen molar-refractivity contribution in [3.8, 4) is 0 Å². The molecule has 0 spiro atoms. The maximum Gasteiger partial charge on any atom is 0.152 e. The lowest BCUT2D eigenvalue weighted by Crippen LogP contribution is -2.34. The van der Waals surface area contributed by atoms with E-state index in [1.54, 1.807) is 6.07 Å². The summed E-state index contributed by atoms with van der Waals surface area (Å²) < 4.78 is 36.3. The van der Waals surface area contributed by atoms with Gasteiger partial charge in [0.1, 0.15) is 5.82 Å². The Hall–Kier alpha value is -1.10. The standard InChI is InChI=1S/C13H18FNO2S/c1-9-8-10(14)6-7-11(9)15-12-4-3-5-13(12)18(2,16)17/h6-8,12-13,15H,3-5H2,1-2H3. The molecule has 1 N–H and O–H groups in total. The van der Waals surface area contributed by atoms with Crippen LogP contribution in [0.2, 0.25) is 0 Å². The van der Waals surface area contributed by atoms with E-state index >= 15 is 0 Å². The van der Waals surface area contributed by atoms with Gasteiger partial charge in [-0.05, 0) is 49.9 Å². The van der Waals surface area contributed by atoms with Crippen LogP contribution in [0.3, 0.4) is 0 Å². The Balaban J connectivity index is 2.18. The maximum absolute atomic E-state index is 13.0. The second kappa shape index (κ2) is 4.88. The van der Waals surface area contributed by atoms with E-state index in [2.05, 4.69) is 5.32 Å². The molecule has 0 heterocycles. The van der Waals surface area contributed by atoms with Crippen LogP contribution in [0.1, 0.15) is 24.8 Å².